The summed E-state index contributed by atoms with van der Waals surface area (Å²) < 4.78 is 5.29. The molecule has 0 spiro atoms. The Morgan fingerprint density at radius 1 is 1.25 bits per heavy atom. The number of quaternary nitrogens is 1. The van der Waals surface area contributed by atoms with Gasteiger partial charge in [0, 0.05) is 6.42 Å². The number of nitrogens with one attached hydrogen (secondary N) is 2. The lowest BCUT2D eigenvalue weighted by Crippen LogP contribution is -3.11. The predicted molar refractivity (Wildman–Crippen MR) is 112 cm³/mol. The number of carbonyl (C=O) groups is 2. The Hall–Kier alpha value is -2.18. The third kappa shape index (κ3) is 4.45. The van der Waals surface area contributed by atoms with Crippen molar-refractivity contribution in [3.63, 3.8) is 0 Å². The van der Waals surface area contributed by atoms with E-state index in [1.54, 1.807) is 6.92 Å². The van der Waals surface area contributed by atoms with Crippen LogP contribution in [0.4, 0.5) is 5.00 Å². The Labute approximate surface area is 170 Å². The normalized spacial score (nSPS) is 15.8. The van der Waals surface area contributed by atoms with Crippen LogP contribution in [-0.2, 0) is 28.9 Å². The van der Waals surface area contributed by atoms with Gasteiger partial charge < -0.3 is 15.0 Å². The molecule has 0 saturated carbocycles. The fourth-order valence-electron chi connectivity index (χ4n) is 3.73. The molecule has 3 rings (SSSR count). The standard InChI is InChI=1S/C22H28N2O3S/c1-5-24-10-9-17-18(13-24)28-21(20(17)22(26)27-6-2)23-19(25)12-16-8-7-14(3)11-15(16)4/h7-8,11H,5-6,9-10,12-13H2,1-4H3,(H,23,25)/p+1. The van der Waals surface area contributed by atoms with E-state index in [4.69, 9.17) is 4.74 Å². The zero-order chi connectivity index (χ0) is 20.3. The number of thiophene rings is 1. The van der Waals surface area contributed by atoms with Gasteiger partial charge in [-0.3, -0.25) is 4.79 Å². The first-order valence-corrected chi connectivity index (χ1v) is 10.8. The first-order chi connectivity index (χ1) is 13.4. The molecule has 2 N–H and O–H groups in total. The topological polar surface area (TPSA) is 59.8 Å². The van der Waals surface area contributed by atoms with Gasteiger partial charge in [0.05, 0.1) is 36.6 Å². The Bertz CT molecular complexity index is 888. The highest BCUT2D eigenvalue weighted by Gasteiger charge is 2.30. The molecule has 1 atom stereocenters. The van der Waals surface area contributed by atoms with Crippen LogP contribution in [0.25, 0.3) is 0 Å². The summed E-state index contributed by atoms with van der Waals surface area (Å²) in [6, 6.07) is 6.10. The molecule has 0 bridgehead atoms. The van der Waals surface area contributed by atoms with E-state index < -0.39 is 0 Å². The highest BCUT2D eigenvalue weighted by Crippen LogP contribution is 2.35. The van der Waals surface area contributed by atoms with Crippen LogP contribution in [0.15, 0.2) is 18.2 Å². The van der Waals surface area contributed by atoms with Crippen LogP contribution in [0, 0.1) is 13.8 Å². The number of rotatable bonds is 6. The van der Waals surface area contributed by atoms with Crippen molar-refractivity contribution in [1.82, 2.24) is 0 Å². The van der Waals surface area contributed by atoms with Crippen LogP contribution >= 0.6 is 11.3 Å². The van der Waals surface area contributed by atoms with Gasteiger partial charge in [-0.05, 0) is 44.4 Å². The van der Waals surface area contributed by atoms with Crippen molar-refractivity contribution >= 4 is 28.2 Å². The molecule has 1 unspecified atom stereocenters. The molecular weight excluding hydrogens is 372 g/mol. The molecule has 1 aromatic carbocycles. The van der Waals surface area contributed by atoms with Crippen molar-refractivity contribution in [3.05, 3.63) is 50.9 Å². The average molecular weight is 402 g/mol. The number of likely N-dealkylation sites (N-methyl/N-ethyl adjacent to an activating group) is 1. The van der Waals surface area contributed by atoms with E-state index >= 15 is 0 Å². The van der Waals surface area contributed by atoms with E-state index in [1.807, 2.05) is 26.0 Å². The molecule has 28 heavy (non-hydrogen) atoms. The second-order valence-corrected chi connectivity index (χ2v) is 8.47. The molecule has 1 amide bonds. The number of anilines is 1. The quantitative estimate of drug-likeness (QED) is 0.732. The van der Waals surface area contributed by atoms with Crippen LogP contribution in [0.2, 0.25) is 0 Å². The molecule has 1 aliphatic rings. The maximum Gasteiger partial charge on any atom is 0.341 e. The summed E-state index contributed by atoms with van der Waals surface area (Å²) in [6.45, 7) is 11.3. The molecule has 150 valence electrons. The third-order valence-corrected chi connectivity index (χ3v) is 6.46. The van der Waals surface area contributed by atoms with Crippen molar-refractivity contribution < 1.29 is 19.2 Å². The summed E-state index contributed by atoms with van der Waals surface area (Å²) in [5, 5.41) is 3.63. The maximum atomic E-state index is 12.7. The van der Waals surface area contributed by atoms with Crippen molar-refractivity contribution in [2.24, 2.45) is 0 Å². The van der Waals surface area contributed by atoms with Gasteiger partial charge in [0.1, 0.15) is 11.5 Å². The minimum atomic E-state index is -0.332. The summed E-state index contributed by atoms with van der Waals surface area (Å²) in [7, 11) is 0. The Morgan fingerprint density at radius 3 is 2.71 bits per heavy atom. The molecule has 0 fully saturated rings. The van der Waals surface area contributed by atoms with Crippen molar-refractivity contribution in [2.45, 2.75) is 47.1 Å². The van der Waals surface area contributed by atoms with Gasteiger partial charge >= 0.3 is 5.97 Å². The smallest absolute Gasteiger partial charge is 0.341 e. The molecule has 1 aliphatic heterocycles. The predicted octanol–water partition coefficient (Wildman–Crippen LogP) is 2.68. The molecule has 5 nitrogen and oxygen atoms in total. The number of hydrogen-bond donors (Lipinski definition) is 2. The maximum absolute atomic E-state index is 12.7. The van der Waals surface area contributed by atoms with Gasteiger partial charge in [-0.1, -0.05) is 23.8 Å². The van der Waals surface area contributed by atoms with E-state index in [0.717, 1.165) is 42.7 Å². The number of ether oxygens (including phenoxy) is 1. The molecule has 2 aromatic rings. The molecule has 1 aromatic heterocycles. The largest absolute Gasteiger partial charge is 0.462 e. The Balaban J connectivity index is 1.85. The van der Waals surface area contributed by atoms with Crippen LogP contribution in [0.1, 0.15) is 51.3 Å². The van der Waals surface area contributed by atoms with Gasteiger partial charge in [0.25, 0.3) is 0 Å². The van der Waals surface area contributed by atoms with Crippen LogP contribution in [-0.4, -0.2) is 31.6 Å². The van der Waals surface area contributed by atoms with E-state index in [9.17, 15) is 9.59 Å². The zero-order valence-electron chi connectivity index (χ0n) is 17.1. The highest BCUT2D eigenvalue weighted by molar-refractivity contribution is 7.17. The SMILES string of the molecule is CCOC(=O)c1c(NC(=O)Cc2ccc(C)cc2C)sc2c1CC[NH+](CC)C2. The van der Waals surface area contributed by atoms with Gasteiger partial charge in [0.15, 0.2) is 0 Å². The van der Waals surface area contributed by atoms with E-state index in [0.29, 0.717) is 23.6 Å². The third-order valence-electron chi connectivity index (χ3n) is 5.31. The lowest BCUT2D eigenvalue weighted by Gasteiger charge is -2.22. The number of aryl methyl sites for hydroxylation is 2. The average Bonchev–Trinajstić information content (AvgIpc) is 3.00. The second-order valence-electron chi connectivity index (χ2n) is 7.36. The van der Waals surface area contributed by atoms with Crippen molar-refractivity contribution in [1.29, 1.82) is 0 Å². The van der Waals surface area contributed by atoms with Crippen LogP contribution in [0.3, 0.4) is 0 Å². The molecule has 2 heterocycles. The number of benzene rings is 1. The van der Waals surface area contributed by atoms with Crippen molar-refractivity contribution in [3.8, 4) is 0 Å². The van der Waals surface area contributed by atoms with Crippen LogP contribution in [0.5, 0.6) is 0 Å². The first kappa shape index (κ1) is 20.6. The lowest BCUT2D eigenvalue weighted by atomic mass is 10.0. The Morgan fingerprint density at radius 2 is 2.04 bits per heavy atom. The summed E-state index contributed by atoms with van der Waals surface area (Å²) in [5.41, 5.74) is 4.91. The van der Waals surface area contributed by atoms with Gasteiger partial charge in [-0.25, -0.2) is 4.79 Å². The molecular formula is C22H29N2O3S+. The van der Waals surface area contributed by atoms with Crippen molar-refractivity contribution in [2.75, 3.05) is 25.0 Å². The summed E-state index contributed by atoms with van der Waals surface area (Å²) in [6.07, 6.45) is 1.14. The molecule has 6 heteroatoms. The monoisotopic (exact) mass is 401 g/mol. The van der Waals surface area contributed by atoms with Crippen LogP contribution < -0.4 is 10.2 Å². The second kappa shape index (κ2) is 8.88. The number of carbonyl (C=O) groups excluding carboxylic acids is 2. The zero-order valence-corrected chi connectivity index (χ0v) is 17.9. The number of amides is 1. The number of esters is 1. The van der Waals surface area contributed by atoms with Gasteiger partial charge in [-0.15, -0.1) is 11.3 Å². The van der Waals surface area contributed by atoms with Gasteiger partial charge in [-0.2, -0.15) is 0 Å². The molecule has 0 saturated heterocycles. The lowest BCUT2D eigenvalue weighted by molar-refractivity contribution is -0.913. The van der Waals surface area contributed by atoms with Gasteiger partial charge in [0.2, 0.25) is 5.91 Å². The van der Waals surface area contributed by atoms with E-state index in [2.05, 4.69) is 18.3 Å². The van der Waals surface area contributed by atoms with E-state index in [1.165, 1.54) is 26.7 Å². The minimum Gasteiger partial charge on any atom is -0.462 e. The highest BCUT2D eigenvalue weighted by atomic mass is 32.1. The fourth-order valence-corrected chi connectivity index (χ4v) is 5.06. The van der Waals surface area contributed by atoms with E-state index in [-0.39, 0.29) is 11.9 Å². The fraction of sp³-hybridized carbons (Fsp3) is 0.455. The number of fused-ring (bicyclic) bond motifs is 1. The summed E-state index contributed by atoms with van der Waals surface area (Å²) in [5.74, 6) is -0.433. The Kier molecular flexibility index (Phi) is 6.52. The molecule has 0 radical (unpaired) electrons. The summed E-state index contributed by atoms with van der Waals surface area (Å²) in [4.78, 5) is 28.0. The first-order valence-electron chi connectivity index (χ1n) is 9.94. The minimum absolute atomic E-state index is 0.101. The number of hydrogen-bond acceptors (Lipinski definition) is 4. The molecule has 0 aliphatic carbocycles. The summed E-state index contributed by atoms with van der Waals surface area (Å²) >= 11 is 1.53.